The molecule has 2 aromatic carbocycles. The quantitative estimate of drug-likeness (QED) is 0.587. The first kappa shape index (κ1) is 23.8. The van der Waals surface area contributed by atoms with E-state index >= 15 is 0 Å². The van der Waals surface area contributed by atoms with Gasteiger partial charge in [-0.05, 0) is 23.6 Å². The van der Waals surface area contributed by atoms with Crippen molar-refractivity contribution in [1.82, 2.24) is 10.2 Å². The molecule has 1 heterocycles. The number of fused-ring (bicyclic) bond motifs is 1. The number of carbonyl (C=O) groups is 4. The van der Waals surface area contributed by atoms with E-state index in [0.717, 1.165) is 16.7 Å². The second-order valence-corrected chi connectivity index (χ2v) is 7.57. The lowest BCUT2D eigenvalue weighted by atomic mass is 9.93. The molecule has 0 radical (unpaired) electrons. The van der Waals surface area contributed by atoms with E-state index in [9.17, 15) is 24.3 Å². The monoisotopic (exact) mass is 454 g/mol. The van der Waals surface area contributed by atoms with Crippen LogP contribution in [0, 0.1) is 0 Å². The highest BCUT2D eigenvalue weighted by Crippen LogP contribution is 2.24. The standard InChI is InChI=1S/C24H26N2O7/c1-2-32-21(27)13-19(23(29)30)25-22(28)20-12-17-10-6-7-11-18(17)14-26(20)24(31)33-15-16-8-4-3-5-9-16/h3-11,19-20H,2,12-15H2,1H3,(H,25,28)(H,29,30)/t19-,20-/m0/s1. The van der Waals surface area contributed by atoms with Crippen molar-refractivity contribution in [2.75, 3.05) is 6.61 Å². The second kappa shape index (κ2) is 11.1. The van der Waals surface area contributed by atoms with E-state index in [1.807, 2.05) is 54.6 Å². The number of nitrogens with zero attached hydrogens (tertiary/aromatic N) is 1. The molecule has 0 unspecified atom stereocenters. The maximum Gasteiger partial charge on any atom is 0.411 e. The summed E-state index contributed by atoms with van der Waals surface area (Å²) in [4.78, 5) is 50.6. The number of esters is 1. The third-order valence-corrected chi connectivity index (χ3v) is 5.28. The van der Waals surface area contributed by atoms with Crippen LogP contribution in [0.1, 0.15) is 30.0 Å². The van der Waals surface area contributed by atoms with Crippen molar-refractivity contribution in [2.24, 2.45) is 0 Å². The molecule has 0 bridgehead atoms. The minimum atomic E-state index is -1.48. The van der Waals surface area contributed by atoms with Gasteiger partial charge in [-0.2, -0.15) is 0 Å². The van der Waals surface area contributed by atoms with E-state index in [0.29, 0.717) is 0 Å². The molecule has 1 aliphatic rings. The molecule has 2 amide bonds. The third kappa shape index (κ3) is 6.31. The van der Waals surface area contributed by atoms with Crippen LogP contribution in [0.15, 0.2) is 54.6 Å². The summed E-state index contributed by atoms with van der Waals surface area (Å²) in [6, 6.07) is 14.1. The predicted octanol–water partition coefficient (Wildman–Crippen LogP) is 2.27. The van der Waals surface area contributed by atoms with Crippen LogP contribution in [0.3, 0.4) is 0 Å². The Labute approximate surface area is 191 Å². The number of carbonyl (C=O) groups excluding carboxylic acids is 3. The van der Waals surface area contributed by atoms with Crippen LogP contribution in [0.25, 0.3) is 0 Å². The molecule has 0 aromatic heterocycles. The van der Waals surface area contributed by atoms with Crippen LogP contribution < -0.4 is 5.32 Å². The Morgan fingerprint density at radius 2 is 1.70 bits per heavy atom. The molecule has 33 heavy (non-hydrogen) atoms. The highest BCUT2D eigenvalue weighted by molar-refractivity contribution is 5.91. The molecular weight excluding hydrogens is 428 g/mol. The Hall–Kier alpha value is -3.88. The zero-order valence-electron chi connectivity index (χ0n) is 18.2. The molecule has 0 saturated carbocycles. The van der Waals surface area contributed by atoms with E-state index in [2.05, 4.69) is 5.32 Å². The summed E-state index contributed by atoms with van der Waals surface area (Å²) in [5, 5.41) is 11.8. The topological polar surface area (TPSA) is 122 Å². The molecule has 0 saturated heterocycles. The van der Waals surface area contributed by atoms with Gasteiger partial charge in [-0.3, -0.25) is 14.5 Å². The highest BCUT2D eigenvalue weighted by atomic mass is 16.6. The number of aliphatic carboxylic acids is 1. The zero-order valence-corrected chi connectivity index (χ0v) is 18.2. The zero-order chi connectivity index (χ0) is 23.8. The normalized spacial score (nSPS) is 15.7. The fourth-order valence-electron chi connectivity index (χ4n) is 3.61. The molecule has 2 N–H and O–H groups in total. The molecular formula is C24H26N2O7. The number of carboxylic acids is 1. The van der Waals surface area contributed by atoms with Crippen molar-refractivity contribution >= 4 is 23.9 Å². The Morgan fingerprint density at radius 3 is 2.36 bits per heavy atom. The average molecular weight is 454 g/mol. The van der Waals surface area contributed by atoms with Gasteiger partial charge in [-0.25, -0.2) is 9.59 Å². The number of rotatable bonds is 8. The SMILES string of the molecule is CCOC(=O)C[C@H](NC(=O)[C@@H]1Cc2ccccc2CN1C(=O)OCc1ccccc1)C(=O)O. The van der Waals surface area contributed by atoms with Gasteiger partial charge in [0.2, 0.25) is 5.91 Å². The van der Waals surface area contributed by atoms with E-state index in [4.69, 9.17) is 9.47 Å². The smallest absolute Gasteiger partial charge is 0.411 e. The van der Waals surface area contributed by atoms with Gasteiger partial charge in [0.15, 0.2) is 0 Å². The van der Waals surface area contributed by atoms with E-state index in [1.54, 1.807) is 6.92 Å². The summed E-state index contributed by atoms with van der Waals surface area (Å²) in [5.74, 6) is -2.79. The minimum Gasteiger partial charge on any atom is -0.480 e. The van der Waals surface area contributed by atoms with Gasteiger partial charge in [-0.15, -0.1) is 0 Å². The molecule has 1 aliphatic heterocycles. The van der Waals surface area contributed by atoms with Gasteiger partial charge < -0.3 is 19.9 Å². The van der Waals surface area contributed by atoms with Crippen LogP contribution in [0.4, 0.5) is 4.79 Å². The summed E-state index contributed by atoms with van der Waals surface area (Å²) >= 11 is 0. The van der Waals surface area contributed by atoms with Gasteiger partial charge in [0.25, 0.3) is 0 Å². The molecule has 0 spiro atoms. The third-order valence-electron chi connectivity index (χ3n) is 5.28. The van der Waals surface area contributed by atoms with Crippen LogP contribution >= 0.6 is 0 Å². The molecule has 0 fully saturated rings. The van der Waals surface area contributed by atoms with Crippen molar-refractivity contribution in [1.29, 1.82) is 0 Å². The van der Waals surface area contributed by atoms with Crippen molar-refractivity contribution in [3.63, 3.8) is 0 Å². The van der Waals surface area contributed by atoms with Crippen molar-refractivity contribution in [2.45, 2.75) is 45.0 Å². The highest BCUT2D eigenvalue weighted by Gasteiger charge is 2.37. The minimum absolute atomic E-state index is 0.0345. The van der Waals surface area contributed by atoms with Crippen molar-refractivity contribution < 1.29 is 33.8 Å². The summed E-state index contributed by atoms with van der Waals surface area (Å²) in [5.41, 5.74) is 2.55. The van der Waals surface area contributed by atoms with Gasteiger partial charge in [0.1, 0.15) is 18.7 Å². The Kier molecular flexibility index (Phi) is 8.01. The first-order valence-electron chi connectivity index (χ1n) is 10.6. The number of carboxylic acid groups (broad SMARTS) is 1. The summed E-state index contributed by atoms with van der Waals surface area (Å²) in [6.45, 7) is 1.87. The van der Waals surface area contributed by atoms with Crippen LogP contribution in [-0.2, 0) is 43.4 Å². The van der Waals surface area contributed by atoms with Crippen LogP contribution in [0.2, 0.25) is 0 Å². The van der Waals surface area contributed by atoms with Gasteiger partial charge >= 0.3 is 18.0 Å². The predicted molar refractivity (Wildman–Crippen MR) is 117 cm³/mol. The number of benzene rings is 2. The van der Waals surface area contributed by atoms with Crippen molar-refractivity contribution in [3.05, 3.63) is 71.3 Å². The van der Waals surface area contributed by atoms with Gasteiger partial charge in [0.05, 0.1) is 19.6 Å². The van der Waals surface area contributed by atoms with E-state index < -0.39 is 42.4 Å². The summed E-state index contributed by atoms with van der Waals surface area (Å²) in [7, 11) is 0. The molecule has 174 valence electrons. The first-order valence-corrected chi connectivity index (χ1v) is 10.6. The molecule has 0 aliphatic carbocycles. The molecule has 2 aromatic rings. The Bertz CT molecular complexity index is 1010. The molecule has 9 heteroatoms. The average Bonchev–Trinajstić information content (AvgIpc) is 2.82. The number of amides is 2. The lowest BCUT2D eigenvalue weighted by Crippen LogP contribution is -2.55. The summed E-state index contributed by atoms with van der Waals surface area (Å²) in [6.07, 6.45) is -1.02. The van der Waals surface area contributed by atoms with Crippen LogP contribution in [0.5, 0.6) is 0 Å². The number of nitrogens with one attached hydrogen (secondary N) is 1. The fourth-order valence-corrected chi connectivity index (χ4v) is 3.61. The largest absolute Gasteiger partial charge is 0.480 e. The lowest BCUT2D eigenvalue weighted by Gasteiger charge is -2.35. The molecule has 9 nitrogen and oxygen atoms in total. The number of hydrogen-bond acceptors (Lipinski definition) is 6. The summed E-state index contributed by atoms with van der Waals surface area (Å²) < 4.78 is 10.2. The first-order chi connectivity index (χ1) is 15.9. The number of hydrogen-bond donors (Lipinski definition) is 2. The number of ether oxygens (including phenoxy) is 2. The molecule has 3 rings (SSSR count). The maximum absolute atomic E-state index is 13.1. The maximum atomic E-state index is 13.1. The Morgan fingerprint density at radius 1 is 1.03 bits per heavy atom. The second-order valence-electron chi connectivity index (χ2n) is 7.57. The van der Waals surface area contributed by atoms with Gasteiger partial charge in [0, 0.05) is 6.42 Å². The van der Waals surface area contributed by atoms with Crippen LogP contribution in [-0.4, -0.2) is 52.6 Å². The Balaban J connectivity index is 1.76. The van der Waals surface area contributed by atoms with Crippen molar-refractivity contribution in [3.8, 4) is 0 Å². The fraction of sp³-hybridized carbons (Fsp3) is 0.333. The van der Waals surface area contributed by atoms with Gasteiger partial charge in [-0.1, -0.05) is 54.6 Å². The van der Waals surface area contributed by atoms with E-state index in [-0.39, 0.29) is 26.2 Å². The molecule has 2 atom stereocenters. The van der Waals surface area contributed by atoms with E-state index in [1.165, 1.54) is 4.90 Å². The lowest BCUT2D eigenvalue weighted by molar-refractivity contribution is -0.150.